The van der Waals surface area contributed by atoms with E-state index in [1.807, 2.05) is 6.92 Å². The van der Waals surface area contributed by atoms with Crippen molar-refractivity contribution in [2.24, 2.45) is 5.73 Å². The second kappa shape index (κ2) is 6.75. The summed E-state index contributed by atoms with van der Waals surface area (Å²) in [6.45, 7) is 3.59. The molecule has 0 fully saturated rings. The van der Waals surface area contributed by atoms with Crippen molar-refractivity contribution >= 4 is 23.0 Å². The Hall–Kier alpha value is -2.47. The molecule has 122 valence electrons. The Morgan fingerprint density at radius 2 is 2.00 bits per heavy atom. The van der Waals surface area contributed by atoms with Crippen molar-refractivity contribution in [2.45, 2.75) is 39.2 Å². The monoisotopic (exact) mass is 316 g/mol. The predicted octanol–water partition coefficient (Wildman–Crippen LogP) is 1.57. The fourth-order valence-corrected chi connectivity index (χ4v) is 2.69. The Morgan fingerprint density at radius 1 is 1.30 bits per heavy atom. The van der Waals surface area contributed by atoms with Gasteiger partial charge in [-0.15, -0.1) is 0 Å². The molecule has 2 aromatic heterocycles. The summed E-state index contributed by atoms with van der Waals surface area (Å²) in [6, 6.07) is 3.38. The number of aliphatic hydroxyl groups excluding tert-OH is 1. The Bertz CT molecular complexity index is 776. The Balaban J connectivity index is 2.67. The van der Waals surface area contributed by atoms with Crippen LogP contribution in [0.5, 0.6) is 0 Å². The molecule has 3 N–H and O–H groups in total. The number of hydrogen-bond acceptors (Lipinski definition) is 4. The van der Waals surface area contributed by atoms with Gasteiger partial charge < -0.3 is 15.2 Å². The average molecular weight is 316 g/mol. The van der Waals surface area contributed by atoms with Gasteiger partial charge >= 0.3 is 0 Å². The fourth-order valence-electron chi connectivity index (χ4n) is 2.69. The summed E-state index contributed by atoms with van der Waals surface area (Å²) in [4.78, 5) is 35.2. The highest BCUT2D eigenvalue weighted by atomic mass is 16.3. The molecule has 0 spiro atoms. The molecule has 6 heteroatoms. The van der Waals surface area contributed by atoms with E-state index in [1.54, 1.807) is 35.9 Å². The van der Waals surface area contributed by atoms with Gasteiger partial charge in [0, 0.05) is 30.8 Å². The SMILES string of the molecule is CCC(=O)CC(O)c1cccn2cc(CC)c(C(=O)C(N)=O)c12. The summed E-state index contributed by atoms with van der Waals surface area (Å²) in [7, 11) is 0. The van der Waals surface area contributed by atoms with Gasteiger partial charge in [0.15, 0.2) is 0 Å². The number of aromatic nitrogens is 1. The number of nitrogens with zero attached hydrogens (tertiary/aromatic N) is 1. The first-order valence-corrected chi connectivity index (χ1v) is 7.57. The van der Waals surface area contributed by atoms with Crippen LogP contribution in [0.25, 0.3) is 5.52 Å². The molecule has 2 heterocycles. The second-order valence-electron chi connectivity index (χ2n) is 5.41. The highest BCUT2D eigenvalue weighted by molar-refractivity contribution is 6.44. The first kappa shape index (κ1) is 16.9. The smallest absolute Gasteiger partial charge is 0.289 e. The van der Waals surface area contributed by atoms with Crippen LogP contribution < -0.4 is 5.73 Å². The van der Waals surface area contributed by atoms with Gasteiger partial charge in [-0.1, -0.05) is 19.9 Å². The largest absolute Gasteiger partial charge is 0.388 e. The molecule has 6 nitrogen and oxygen atoms in total. The summed E-state index contributed by atoms with van der Waals surface area (Å²) >= 11 is 0. The average Bonchev–Trinajstić information content (AvgIpc) is 2.91. The number of carbonyl (C=O) groups is 3. The lowest BCUT2D eigenvalue weighted by molar-refractivity contribution is -0.120. The quantitative estimate of drug-likeness (QED) is 0.598. The zero-order valence-electron chi connectivity index (χ0n) is 13.2. The molecular formula is C17H20N2O4. The van der Waals surface area contributed by atoms with Crippen LogP contribution in [0.15, 0.2) is 24.5 Å². The van der Waals surface area contributed by atoms with E-state index in [0.717, 1.165) is 0 Å². The van der Waals surface area contributed by atoms with Crippen molar-refractivity contribution in [1.82, 2.24) is 4.40 Å². The van der Waals surface area contributed by atoms with E-state index in [-0.39, 0.29) is 17.8 Å². The van der Waals surface area contributed by atoms with Gasteiger partial charge in [0.25, 0.3) is 11.7 Å². The van der Waals surface area contributed by atoms with Gasteiger partial charge in [-0.25, -0.2) is 0 Å². The third-order valence-corrected chi connectivity index (χ3v) is 3.91. The number of aliphatic hydroxyl groups is 1. The third kappa shape index (κ3) is 3.17. The van der Waals surface area contributed by atoms with Crippen LogP contribution in [0.3, 0.4) is 0 Å². The minimum absolute atomic E-state index is 0.0347. The highest BCUT2D eigenvalue weighted by Crippen LogP contribution is 2.29. The Morgan fingerprint density at radius 3 is 2.57 bits per heavy atom. The Labute approximate surface area is 133 Å². The first-order valence-electron chi connectivity index (χ1n) is 7.57. The summed E-state index contributed by atoms with van der Waals surface area (Å²) in [5.74, 6) is -1.91. The normalized spacial score (nSPS) is 12.3. The zero-order valence-corrected chi connectivity index (χ0v) is 13.2. The highest BCUT2D eigenvalue weighted by Gasteiger charge is 2.25. The number of pyridine rings is 1. The number of hydrogen-bond donors (Lipinski definition) is 2. The van der Waals surface area contributed by atoms with E-state index < -0.39 is 17.8 Å². The molecular weight excluding hydrogens is 296 g/mol. The molecule has 1 atom stereocenters. The summed E-state index contributed by atoms with van der Waals surface area (Å²) in [5.41, 5.74) is 6.92. The number of nitrogens with two attached hydrogens (primary N) is 1. The summed E-state index contributed by atoms with van der Waals surface area (Å²) < 4.78 is 1.68. The molecule has 0 bridgehead atoms. The van der Waals surface area contributed by atoms with Gasteiger partial charge in [0.05, 0.1) is 17.2 Å². The van der Waals surface area contributed by atoms with Crippen molar-refractivity contribution in [3.05, 3.63) is 41.2 Å². The Kier molecular flexibility index (Phi) is 4.95. The number of carbonyl (C=O) groups excluding carboxylic acids is 3. The van der Waals surface area contributed by atoms with E-state index in [4.69, 9.17) is 5.73 Å². The molecule has 1 unspecified atom stereocenters. The van der Waals surface area contributed by atoms with Gasteiger partial charge in [-0.05, 0) is 18.1 Å². The van der Waals surface area contributed by atoms with Crippen molar-refractivity contribution in [3.63, 3.8) is 0 Å². The van der Waals surface area contributed by atoms with Gasteiger partial charge in [0.1, 0.15) is 5.78 Å². The van der Waals surface area contributed by atoms with Crippen LogP contribution >= 0.6 is 0 Å². The number of fused-ring (bicyclic) bond motifs is 1. The van der Waals surface area contributed by atoms with Gasteiger partial charge in [0.2, 0.25) is 0 Å². The molecule has 0 aliphatic carbocycles. The molecule has 2 rings (SSSR count). The van der Waals surface area contributed by atoms with Gasteiger partial charge in [-0.2, -0.15) is 0 Å². The van der Waals surface area contributed by atoms with Gasteiger partial charge in [-0.3, -0.25) is 14.4 Å². The second-order valence-corrected chi connectivity index (χ2v) is 5.41. The van der Waals surface area contributed by atoms with Crippen LogP contribution in [0, 0.1) is 0 Å². The fraction of sp³-hybridized carbons (Fsp3) is 0.353. The van der Waals surface area contributed by atoms with Crippen molar-refractivity contribution in [3.8, 4) is 0 Å². The van der Waals surface area contributed by atoms with Crippen molar-refractivity contribution in [2.75, 3.05) is 0 Å². The third-order valence-electron chi connectivity index (χ3n) is 3.91. The number of Topliss-reactive ketones (excluding diaryl/α,β-unsaturated/α-hetero) is 2. The van der Waals surface area contributed by atoms with E-state index in [2.05, 4.69) is 0 Å². The molecule has 0 aliphatic heterocycles. The number of rotatable bonds is 7. The topological polar surface area (TPSA) is 102 Å². The lowest BCUT2D eigenvalue weighted by Crippen LogP contribution is -2.24. The summed E-state index contributed by atoms with van der Waals surface area (Å²) in [5, 5.41) is 10.4. The van der Waals surface area contributed by atoms with E-state index in [9.17, 15) is 19.5 Å². The predicted molar refractivity (Wildman–Crippen MR) is 85.2 cm³/mol. The molecule has 0 saturated carbocycles. The van der Waals surface area contributed by atoms with Crippen LogP contribution in [-0.2, 0) is 16.0 Å². The number of aryl methyl sites for hydroxylation is 1. The zero-order chi connectivity index (χ0) is 17.1. The molecule has 2 aromatic rings. The molecule has 23 heavy (non-hydrogen) atoms. The molecule has 1 amide bonds. The number of ketones is 2. The molecule has 0 aliphatic rings. The van der Waals surface area contributed by atoms with E-state index >= 15 is 0 Å². The van der Waals surface area contributed by atoms with Crippen molar-refractivity contribution < 1.29 is 19.5 Å². The minimum Gasteiger partial charge on any atom is -0.388 e. The molecule has 0 radical (unpaired) electrons. The van der Waals surface area contributed by atoms with E-state index in [1.165, 1.54) is 0 Å². The van der Waals surface area contributed by atoms with Crippen LogP contribution in [0.4, 0.5) is 0 Å². The molecule has 0 aromatic carbocycles. The van der Waals surface area contributed by atoms with Crippen LogP contribution in [0.2, 0.25) is 0 Å². The number of amides is 1. The standard InChI is InChI=1S/C17H20N2O4/c1-3-10-9-19-7-5-6-12(13(21)8-11(20)4-2)15(19)14(10)16(22)17(18)23/h5-7,9,13,21H,3-4,8H2,1-2H3,(H2,18,23). The maximum absolute atomic E-state index is 12.2. The van der Waals surface area contributed by atoms with Crippen molar-refractivity contribution in [1.29, 1.82) is 0 Å². The van der Waals surface area contributed by atoms with Crippen LogP contribution in [0.1, 0.15) is 54.3 Å². The lowest BCUT2D eigenvalue weighted by atomic mass is 9.98. The summed E-state index contributed by atoms with van der Waals surface area (Å²) in [6.07, 6.45) is 3.26. The van der Waals surface area contributed by atoms with Crippen LogP contribution in [-0.4, -0.2) is 27.0 Å². The van der Waals surface area contributed by atoms with E-state index in [0.29, 0.717) is 29.5 Å². The lowest BCUT2D eigenvalue weighted by Gasteiger charge is -2.13. The maximum Gasteiger partial charge on any atom is 0.289 e. The minimum atomic E-state index is -1.04. The maximum atomic E-state index is 12.2. The first-order chi connectivity index (χ1) is 10.9. The molecule has 0 saturated heterocycles. The number of primary amides is 1.